The first-order chi connectivity index (χ1) is 11.6. The normalized spacial score (nSPS) is 10.9. The van der Waals surface area contributed by atoms with E-state index in [1.54, 1.807) is 23.6 Å². The molecule has 3 aromatic rings. The highest BCUT2D eigenvalue weighted by Gasteiger charge is 2.11. The van der Waals surface area contributed by atoms with Gasteiger partial charge >= 0.3 is 0 Å². The number of thiophene rings is 1. The summed E-state index contributed by atoms with van der Waals surface area (Å²) in [6.07, 6.45) is 1.60. The summed E-state index contributed by atoms with van der Waals surface area (Å²) in [7, 11) is 3.97. The van der Waals surface area contributed by atoms with Crippen LogP contribution in [0, 0.1) is 0 Å². The van der Waals surface area contributed by atoms with Gasteiger partial charge in [0, 0.05) is 19.8 Å². The molecule has 3 rings (SSSR count). The molecule has 122 valence electrons. The van der Waals surface area contributed by atoms with Crippen LogP contribution in [0.1, 0.15) is 16.1 Å². The topological polar surface area (TPSA) is 73.4 Å². The minimum Gasteiger partial charge on any atom is -0.378 e. The van der Waals surface area contributed by atoms with Crippen molar-refractivity contribution in [3.05, 3.63) is 59.1 Å². The van der Waals surface area contributed by atoms with Crippen LogP contribution in [-0.4, -0.2) is 36.4 Å². The molecule has 0 atom stereocenters. The van der Waals surface area contributed by atoms with E-state index in [0.717, 1.165) is 21.8 Å². The van der Waals surface area contributed by atoms with E-state index in [0.29, 0.717) is 5.69 Å². The van der Waals surface area contributed by atoms with Gasteiger partial charge in [-0.1, -0.05) is 18.2 Å². The predicted octanol–water partition coefficient (Wildman–Crippen LogP) is 2.97. The summed E-state index contributed by atoms with van der Waals surface area (Å²) in [5.41, 5.74) is 5.62. The molecule has 0 radical (unpaired) electrons. The lowest BCUT2D eigenvalue weighted by atomic mass is 10.2. The highest BCUT2D eigenvalue weighted by Crippen LogP contribution is 2.22. The molecule has 1 amide bonds. The van der Waals surface area contributed by atoms with Gasteiger partial charge in [0.2, 0.25) is 0 Å². The zero-order chi connectivity index (χ0) is 16.9. The maximum atomic E-state index is 12.1. The standard InChI is InChI=1S/C17H17N5OS/c1-22(2)13-7-5-12(6-8-13)11-18-21-17(23)15-10-14(19-20-15)16-4-3-9-24-16/h3-11H,1-2H3,(H,19,20)(H,21,23)/b18-11-. The van der Waals surface area contributed by atoms with E-state index >= 15 is 0 Å². The largest absolute Gasteiger partial charge is 0.378 e. The van der Waals surface area contributed by atoms with Gasteiger partial charge in [0.1, 0.15) is 0 Å². The van der Waals surface area contributed by atoms with Crippen LogP contribution in [-0.2, 0) is 0 Å². The van der Waals surface area contributed by atoms with Crippen molar-refractivity contribution >= 4 is 29.1 Å². The summed E-state index contributed by atoms with van der Waals surface area (Å²) in [6, 6.07) is 13.5. The predicted molar refractivity (Wildman–Crippen MR) is 97.7 cm³/mol. The quantitative estimate of drug-likeness (QED) is 0.554. The van der Waals surface area contributed by atoms with Gasteiger partial charge in [-0.05, 0) is 35.2 Å². The number of hydrogen-bond donors (Lipinski definition) is 2. The zero-order valence-corrected chi connectivity index (χ0v) is 14.2. The van der Waals surface area contributed by atoms with Crippen molar-refractivity contribution in [3.63, 3.8) is 0 Å². The summed E-state index contributed by atoms with van der Waals surface area (Å²) in [5.74, 6) is -0.352. The molecular formula is C17H17N5OS. The Labute approximate surface area is 143 Å². The van der Waals surface area contributed by atoms with Crippen LogP contribution in [0.15, 0.2) is 52.9 Å². The van der Waals surface area contributed by atoms with Crippen molar-refractivity contribution in [1.82, 2.24) is 15.6 Å². The molecule has 1 aromatic carbocycles. The molecule has 2 heterocycles. The zero-order valence-electron chi connectivity index (χ0n) is 13.4. The lowest BCUT2D eigenvalue weighted by Crippen LogP contribution is -2.18. The lowest BCUT2D eigenvalue weighted by Gasteiger charge is -2.11. The van der Waals surface area contributed by atoms with Crippen LogP contribution in [0.3, 0.4) is 0 Å². The molecule has 0 saturated heterocycles. The fourth-order valence-corrected chi connectivity index (χ4v) is 2.77. The Morgan fingerprint density at radius 1 is 1.29 bits per heavy atom. The van der Waals surface area contributed by atoms with Gasteiger partial charge in [-0.25, -0.2) is 5.43 Å². The van der Waals surface area contributed by atoms with Gasteiger partial charge in [-0.15, -0.1) is 11.3 Å². The van der Waals surface area contributed by atoms with Gasteiger partial charge < -0.3 is 4.90 Å². The molecule has 24 heavy (non-hydrogen) atoms. The number of carbonyl (C=O) groups excluding carboxylic acids is 1. The highest BCUT2D eigenvalue weighted by atomic mass is 32.1. The molecule has 0 unspecified atom stereocenters. The van der Waals surface area contributed by atoms with Crippen molar-refractivity contribution in [1.29, 1.82) is 0 Å². The first-order valence-corrected chi connectivity index (χ1v) is 8.21. The SMILES string of the molecule is CN(C)c1ccc(/C=N\NC(=O)c2cc(-c3cccs3)[nH]n2)cc1. The average Bonchev–Trinajstić information content (AvgIpc) is 3.26. The van der Waals surface area contributed by atoms with Crippen molar-refractivity contribution in [2.24, 2.45) is 5.10 Å². The summed E-state index contributed by atoms with van der Waals surface area (Å²) in [6.45, 7) is 0. The minimum atomic E-state index is -0.352. The Morgan fingerprint density at radius 2 is 2.08 bits per heavy atom. The monoisotopic (exact) mass is 339 g/mol. The number of H-pyrrole nitrogens is 1. The third kappa shape index (κ3) is 3.69. The fraction of sp³-hybridized carbons (Fsp3) is 0.118. The second-order valence-corrected chi connectivity index (χ2v) is 6.28. The smallest absolute Gasteiger partial charge is 0.291 e. The number of aromatic nitrogens is 2. The minimum absolute atomic E-state index is 0.304. The number of carbonyl (C=O) groups is 1. The van der Waals surface area contributed by atoms with Crippen molar-refractivity contribution in [2.45, 2.75) is 0 Å². The van der Waals surface area contributed by atoms with Crippen LogP contribution < -0.4 is 10.3 Å². The Hall–Kier alpha value is -2.93. The number of nitrogens with zero attached hydrogens (tertiary/aromatic N) is 3. The molecule has 0 spiro atoms. The van der Waals surface area contributed by atoms with Gasteiger partial charge in [-0.2, -0.15) is 10.2 Å². The molecule has 0 fully saturated rings. The van der Waals surface area contributed by atoms with Gasteiger partial charge in [0.15, 0.2) is 5.69 Å². The lowest BCUT2D eigenvalue weighted by molar-refractivity contribution is 0.0950. The molecule has 0 saturated carbocycles. The summed E-state index contributed by atoms with van der Waals surface area (Å²) < 4.78 is 0. The molecule has 7 heteroatoms. The van der Waals surface area contributed by atoms with E-state index in [-0.39, 0.29) is 5.91 Å². The average molecular weight is 339 g/mol. The highest BCUT2D eigenvalue weighted by molar-refractivity contribution is 7.13. The van der Waals surface area contributed by atoms with E-state index in [4.69, 9.17) is 0 Å². The summed E-state index contributed by atoms with van der Waals surface area (Å²) in [4.78, 5) is 15.1. The van der Waals surface area contributed by atoms with Crippen LogP contribution in [0.4, 0.5) is 5.69 Å². The Kier molecular flexibility index (Phi) is 4.72. The summed E-state index contributed by atoms with van der Waals surface area (Å²) >= 11 is 1.58. The van der Waals surface area contributed by atoms with Crippen LogP contribution >= 0.6 is 11.3 Å². The maximum Gasteiger partial charge on any atom is 0.291 e. The third-order valence-corrected chi connectivity index (χ3v) is 4.29. The second kappa shape index (κ2) is 7.10. The number of anilines is 1. The summed E-state index contributed by atoms with van der Waals surface area (Å²) in [5, 5.41) is 12.8. The van der Waals surface area contributed by atoms with Crippen LogP contribution in [0.25, 0.3) is 10.6 Å². The number of nitrogens with one attached hydrogen (secondary N) is 2. The fourth-order valence-electron chi connectivity index (χ4n) is 2.08. The molecule has 2 N–H and O–H groups in total. The molecule has 0 aliphatic heterocycles. The van der Waals surface area contributed by atoms with E-state index in [1.165, 1.54) is 0 Å². The number of rotatable bonds is 5. The van der Waals surface area contributed by atoms with Gasteiger partial charge in [-0.3, -0.25) is 9.89 Å². The van der Waals surface area contributed by atoms with E-state index in [2.05, 4.69) is 20.7 Å². The van der Waals surface area contributed by atoms with Crippen LogP contribution in [0.5, 0.6) is 0 Å². The molecule has 2 aromatic heterocycles. The number of hydrogen-bond acceptors (Lipinski definition) is 5. The maximum absolute atomic E-state index is 12.1. The van der Waals surface area contributed by atoms with E-state index in [1.807, 2.05) is 60.8 Å². The van der Waals surface area contributed by atoms with Gasteiger partial charge in [0.25, 0.3) is 5.91 Å². The molecule has 0 bridgehead atoms. The van der Waals surface area contributed by atoms with E-state index < -0.39 is 0 Å². The Bertz CT molecular complexity index is 834. The number of hydrazone groups is 1. The van der Waals surface area contributed by atoms with E-state index in [9.17, 15) is 4.79 Å². The Morgan fingerprint density at radius 3 is 2.75 bits per heavy atom. The molecule has 0 aliphatic carbocycles. The van der Waals surface area contributed by atoms with Crippen molar-refractivity contribution in [3.8, 4) is 10.6 Å². The number of benzene rings is 1. The molecule has 0 aliphatic rings. The van der Waals surface area contributed by atoms with Crippen molar-refractivity contribution < 1.29 is 4.79 Å². The third-order valence-electron chi connectivity index (χ3n) is 3.39. The first-order valence-electron chi connectivity index (χ1n) is 7.33. The Balaban J connectivity index is 1.61. The van der Waals surface area contributed by atoms with Crippen molar-refractivity contribution in [2.75, 3.05) is 19.0 Å². The number of aromatic amines is 1. The van der Waals surface area contributed by atoms with Crippen LogP contribution in [0.2, 0.25) is 0 Å². The second-order valence-electron chi connectivity index (χ2n) is 5.33. The molecular weight excluding hydrogens is 322 g/mol. The molecule has 6 nitrogen and oxygen atoms in total. The first kappa shape index (κ1) is 15.9. The number of amides is 1. The van der Waals surface area contributed by atoms with Gasteiger partial charge in [0.05, 0.1) is 16.8 Å².